The largest absolute Gasteiger partial charge is 0.275 e. The SMILES string of the molecule is O=C(Cl)c1cc(S(=O)(=O)N2CCCCCC2)ccc1F. The van der Waals surface area contributed by atoms with Gasteiger partial charge in [0, 0.05) is 13.1 Å². The van der Waals surface area contributed by atoms with Crippen LogP contribution in [0.5, 0.6) is 0 Å². The third-order valence-electron chi connectivity index (χ3n) is 3.35. The van der Waals surface area contributed by atoms with E-state index in [0.29, 0.717) is 13.1 Å². The molecule has 110 valence electrons. The van der Waals surface area contributed by atoms with Crippen LogP contribution in [-0.2, 0) is 10.0 Å². The molecule has 0 spiro atoms. The number of sulfonamides is 1. The highest BCUT2D eigenvalue weighted by Gasteiger charge is 2.26. The smallest absolute Gasteiger partial charge is 0.255 e. The molecule has 20 heavy (non-hydrogen) atoms. The first-order valence-electron chi connectivity index (χ1n) is 6.42. The second-order valence-electron chi connectivity index (χ2n) is 4.73. The van der Waals surface area contributed by atoms with Gasteiger partial charge in [-0.1, -0.05) is 12.8 Å². The summed E-state index contributed by atoms with van der Waals surface area (Å²) >= 11 is 5.26. The molecule has 1 fully saturated rings. The molecule has 4 nitrogen and oxygen atoms in total. The van der Waals surface area contributed by atoms with Crippen LogP contribution < -0.4 is 0 Å². The first-order valence-corrected chi connectivity index (χ1v) is 8.24. The van der Waals surface area contributed by atoms with Gasteiger partial charge >= 0.3 is 0 Å². The maximum absolute atomic E-state index is 13.4. The molecule has 0 saturated carbocycles. The van der Waals surface area contributed by atoms with E-state index in [9.17, 15) is 17.6 Å². The molecule has 0 atom stereocenters. The number of benzene rings is 1. The van der Waals surface area contributed by atoms with Gasteiger partial charge in [0.1, 0.15) is 5.82 Å². The van der Waals surface area contributed by atoms with Crippen LogP contribution >= 0.6 is 11.6 Å². The number of carbonyl (C=O) groups excluding carboxylic acids is 1. The summed E-state index contributed by atoms with van der Waals surface area (Å²) in [5, 5.41) is -1.00. The first-order chi connectivity index (χ1) is 9.43. The monoisotopic (exact) mass is 319 g/mol. The summed E-state index contributed by atoms with van der Waals surface area (Å²) in [6.45, 7) is 0.897. The van der Waals surface area contributed by atoms with Gasteiger partial charge in [0.15, 0.2) is 0 Å². The van der Waals surface area contributed by atoms with Crippen molar-refractivity contribution in [3.8, 4) is 0 Å². The molecule has 0 unspecified atom stereocenters. The Hall–Kier alpha value is -0.980. The van der Waals surface area contributed by atoms with Gasteiger partial charge in [-0.05, 0) is 42.6 Å². The lowest BCUT2D eigenvalue weighted by molar-refractivity contribution is 0.107. The fraction of sp³-hybridized carbons (Fsp3) is 0.462. The lowest BCUT2D eigenvalue weighted by Crippen LogP contribution is -2.32. The number of halogens is 2. The molecule has 2 rings (SSSR count). The molecule has 1 aliphatic heterocycles. The molecular formula is C13H15ClFNO3S. The predicted octanol–water partition coefficient (Wildman–Crippen LogP) is 2.77. The van der Waals surface area contributed by atoms with Crippen LogP contribution in [0.3, 0.4) is 0 Å². The molecule has 0 amide bonds. The van der Waals surface area contributed by atoms with E-state index in [0.717, 1.165) is 37.8 Å². The molecule has 1 heterocycles. The van der Waals surface area contributed by atoms with Gasteiger partial charge in [-0.15, -0.1) is 0 Å². The van der Waals surface area contributed by atoms with Crippen LogP contribution in [0.2, 0.25) is 0 Å². The van der Waals surface area contributed by atoms with Gasteiger partial charge in [-0.3, -0.25) is 4.79 Å². The van der Waals surface area contributed by atoms with Crippen molar-refractivity contribution in [3.63, 3.8) is 0 Å². The topological polar surface area (TPSA) is 54.5 Å². The quantitative estimate of drug-likeness (QED) is 0.805. The van der Waals surface area contributed by atoms with Gasteiger partial charge in [-0.2, -0.15) is 4.31 Å². The zero-order valence-corrected chi connectivity index (χ0v) is 12.4. The third-order valence-corrected chi connectivity index (χ3v) is 5.45. The molecule has 1 aromatic rings. The minimum Gasteiger partial charge on any atom is -0.275 e. The molecule has 7 heteroatoms. The Balaban J connectivity index is 2.38. The number of hydrogen-bond donors (Lipinski definition) is 0. The Morgan fingerprint density at radius 3 is 2.30 bits per heavy atom. The highest BCUT2D eigenvalue weighted by Crippen LogP contribution is 2.23. The lowest BCUT2D eigenvalue weighted by Gasteiger charge is -2.20. The number of rotatable bonds is 3. The predicted molar refractivity (Wildman–Crippen MR) is 73.8 cm³/mol. The lowest BCUT2D eigenvalue weighted by atomic mass is 10.2. The van der Waals surface area contributed by atoms with Crippen LogP contribution in [0.4, 0.5) is 4.39 Å². The van der Waals surface area contributed by atoms with E-state index in [1.165, 1.54) is 10.4 Å². The average molecular weight is 320 g/mol. The van der Waals surface area contributed by atoms with Crippen molar-refractivity contribution in [3.05, 3.63) is 29.6 Å². The van der Waals surface area contributed by atoms with Crippen molar-refractivity contribution >= 4 is 26.9 Å². The van der Waals surface area contributed by atoms with E-state index in [2.05, 4.69) is 0 Å². The van der Waals surface area contributed by atoms with Crippen LogP contribution in [0, 0.1) is 5.82 Å². The Morgan fingerprint density at radius 1 is 1.15 bits per heavy atom. The minimum absolute atomic E-state index is 0.0928. The van der Waals surface area contributed by atoms with E-state index in [-0.39, 0.29) is 4.90 Å². The standard InChI is InChI=1S/C13H15ClFNO3S/c14-13(17)11-9-10(5-6-12(11)15)20(18,19)16-7-3-1-2-4-8-16/h5-6,9H,1-4,7-8H2. The fourth-order valence-electron chi connectivity index (χ4n) is 2.25. The van der Waals surface area contributed by atoms with Gasteiger partial charge in [0.05, 0.1) is 10.5 Å². The maximum Gasteiger partial charge on any atom is 0.255 e. The number of hydrogen-bond acceptors (Lipinski definition) is 3. The van der Waals surface area contributed by atoms with Crippen molar-refractivity contribution in [2.24, 2.45) is 0 Å². The van der Waals surface area contributed by atoms with Gasteiger partial charge < -0.3 is 0 Å². The van der Waals surface area contributed by atoms with E-state index >= 15 is 0 Å². The molecule has 0 radical (unpaired) electrons. The van der Waals surface area contributed by atoms with Crippen molar-refractivity contribution < 1.29 is 17.6 Å². The van der Waals surface area contributed by atoms with Crippen LogP contribution in [0.1, 0.15) is 36.0 Å². The van der Waals surface area contributed by atoms with Crippen molar-refractivity contribution in [2.75, 3.05) is 13.1 Å². The normalized spacial score (nSPS) is 17.7. The second-order valence-corrected chi connectivity index (χ2v) is 7.01. The Labute approximate surface area is 122 Å². The van der Waals surface area contributed by atoms with Crippen LogP contribution in [0.25, 0.3) is 0 Å². The zero-order valence-electron chi connectivity index (χ0n) is 10.8. The molecule has 1 aromatic carbocycles. The molecule has 0 N–H and O–H groups in total. The van der Waals surface area contributed by atoms with Crippen molar-refractivity contribution in [1.82, 2.24) is 4.31 Å². The average Bonchev–Trinajstić information content (AvgIpc) is 2.67. The third kappa shape index (κ3) is 3.19. The molecular weight excluding hydrogens is 305 g/mol. The molecule has 1 saturated heterocycles. The van der Waals surface area contributed by atoms with E-state index in [1.807, 2.05) is 0 Å². The minimum atomic E-state index is -3.70. The van der Waals surface area contributed by atoms with Crippen molar-refractivity contribution in [2.45, 2.75) is 30.6 Å². The summed E-state index contributed by atoms with van der Waals surface area (Å²) in [5.41, 5.74) is -0.414. The number of nitrogens with zero attached hydrogens (tertiary/aromatic N) is 1. The van der Waals surface area contributed by atoms with Gasteiger partial charge in [-0.25, -0.2) is 12.8 Å². The Kier molecular flexibility index (Phi) is 4.78. The van der Waals surface area contributed by atoms with Gasteiger partial charge in [0.2, 0.25) is 10.0 Å². The summed E-state index contributed by atoms with van der Waals surface area (Å²) in [7, 11) is -3.70. The van der Waals surface area contributed by atoms with E-state index in [4.69, 9.17) is 11.6 Å². The summed E-state index contributed by atoms with van der Waals surface area (Å²) in [4.78, 5) is 11.0. The van der Waals surface area contributed by atoms with E-state index in [1.54, 1.807) is 0 Å². The van der Waals surface area contributed by atoms with Crippen molar-refractivity contribution in [1.29, 1.82) is 0 Å². The molecule has 0 bridgehead atoms. The van der Waals surface area contributed by atoms with Crippen LogP contribution in [-0.4, -0.2) is 31.1 Å². The van der Waals surface area contributed by atoms with Crippen LogP contribution in [0.15, 0.2) is 23.1 Å². The summed E-state index contributed by atoms with van der Waals surface area (Å²) in [6, 6.07) is 3.13. The number of carbonyl (C=O) groups is 1. The summed E-state index contributed by atoms with van der Waals surface area (Å²) in [6.07, 6.45) is 3.62. The second kappa shape index (κ2) is 6.20. The van der Waals surface area contributed by atoms with E-state index < -0.39 is 26.6 Å². The summed E-state index contributed by atoms with van der Waals surface area (Å²) < 4.78 is 39.7. The summed E-state index contributed by atoms with van der Waals surface area (Å²) in [5.74, 6) is -0.820. The first kappa shape index (κ1) is 15.4. The highest BCUT2D eigenvalue weighted by molar-refractivity contribution is 7.89. The Morgan fingerprint density at radius 2 is 1.75 bits per heavy atom. The molecule has 1 aliphatic rings. The maximum atomic E-state index is 13.4. The zero-order chi connectivity index (χ0) is 14.8. The fourth-order valence-corrected chi connectivity index (χ4v) is 3.94. The highest BCUT2D eigenvalue weighted by atomic mass is 35.5. The molecule has 0 aromatic heterocycles. The van der Waals surface area contributed by atoms with Gasteiger partial charge in [0.25, 0.3) is 5.24 Å². The molecule has 0 aliphatic carbocycles. The Bertz CT molecular complexity index is 610.